The van der Waals surface area contributed by atoms with Crippen LogP contribution in [0.3, 0.4) is 0 Å². The standard InChI is InChI=1S/C18H17N5O3/c1-23-14(6-7-19-23)17(24)20-13-9-25-15-8-11(4-5-12(13)15)16-21-18(26-22-16)10-2-3-10/h4-8,10,13H,2-3,9H2,1H3,(H,20,24). The van der Waals surface area contributed by atoms with Crippen molar-refractivity contribution in [3.05, 3.63) is 47.6 Å². The molecule has 1 atom stereocenters. The first-order chi connectivity index (χ1) is 12.7. The number of carbonyl (C=O) groups is 1. The fraction of sp³-hybridized carbons (Fsp3) is 0.333. The smallest absolute Gasteiger partial charge is 0.270 e. The molecule has 1 unspecified atom stereocenters. The Hall–Kier alpha value is -3.16. The number of aromatic nitrogens is 4. The molecule has 1 N–H and O–H groups in total. The molecule has 0 radical (unpaired) electrons. The van der Waals surface area contributed by atoms with Crippen molar-refractivity contribution in [3.8, 4) is 17.1 Å². The maximum absolute atomic E-state index is 12.4. The van der Waals surface area contributed by atoms with E-state index < -0.39 is 0 Å². The van der Waals surface area contributed by atoms with Crippen molar-refractivity contribution < 1.29 is 14.1 Å². The van der Waals surface area contributed by atoms with Crippen molar-refractivity contribution in [2.75, 3.05) is 6.61 Å². The molecule has 1 aliphatic carbocycles. The Labute approximate surface area is 149 Å². The molecule has 3 heterocycles. The van der Waals surface area contributed by atoms with Gasteiger partial charge in [0.05, 0.1) is 6.04 Å². The number of rotatable bonds is 4. The number of aryl methyl sites for hydroxylation is 1. The zero-order chi connectivity index (χ0) is 17.7. The van der Waals surface area contributed by atoms with E-state index >= 15 is 0 Å². The van der Waals surface area contributed by atoms with Crippen molar-refractivity contribution in [2.24, 2.45) is 7.05 Å². The van der Waals surface area contributed by atoms with Gasteiger partial charge in [-0.15, -0.1) is 0 Å². The summed E-state index contributed by atoms with van der Waals surface area (Å²) in [5.74, 6) is 2.26. The van der Waals surface area contributed by atoms with Crippen molar-refractivity contribution in [2.45, 2.75) is 24.8 Å². The van der Waals surface area contributed by atoms with Gasteiger partial charge in [-0.3, -0.25) is 9.48 Å². The van der Waals surface area contributed by atoms with E-state index in [4.69, 9.17) is 9.26 Å². The van der Waals surface area contributed by atoms with Crippen LogP contribution in [0.4, 0.5) is 0 Å². The number of amides is 1. The summed E-state index contributed by atoms with van der Waals surface area (Å²) in [6.45, 7) is 0.391. The monoisotopic (exact) mass is 351 g/mol. The average Bonchev–Trinajstić information content (AvgIpc) is 3.05. The Bertz CT molecular complexity index is 988. The first-order valence-electron chi connectivity index (χ1n) is 8.58. The molecule has 26 heavy (non-hydrogen) atoms. The van der Waals surface area contributed by atoms with Gasteiger partial charge in [0.2, 0.25) is 11.7 Å². The lowest BCUT2D eigenvalue weighted by molar-refractivity contribution is 0.0920. The summed E-state index contributed by atoms with van der Waals surface area (Å²) < 4.78 is 12.6. The van der Waals surface area contributed by atoms with Crippen LogP contribution in [-0.2, 0) is 7.05 Å². The molecule has 2 aromatic heterocycles. The fourth-order valence-electron chi connectivity index (χ4n) is 3.15. The molecule has 8 nitrogen and oxygen atoms in total. The Morgan fingerprint density at radius 2 is 2.19 bits per heavy atom. The SMILES string of the molecule is Cn1nccc1C(=O)NC1COc2cc(-c3noc(C4CC4)n3)ccc21. The van der Waals surface area contributed by atoms with E-state index in [0.717, 1.165) is 29.7 Å². The van der Waals surface area contributed by atoms with E-state index in [2.05, 4.69) is 20.6 Å². The third kappa shape index (κ3) is 2.54. The summed E-state index contributed by atoms with van der Waals surface area (Å²) in [4.78, 5) is 16.9. The van der Waals surface area contributed by atoms with E-state index in [1.165, 1.54) is 0 Å². The number of carbonyl (C=O) groups excluding carboxylic acids is 1. The number of fused-ring (bicyclic) bond motifs is 1. The predicted octanol–water partition coefficient (Wildman–Crippen LogP) is 2.21. The molecule has 8 heteroatoms. The molecule has 1 aromatic carbocycles. The molecule has 0 bridgehead atoms. The minimum absolute atomic E-state index is 0.178. The number of hydrogen-bond acceptors (Lipinski definition) is 6. The van der Waals surface area contributed by atoms with Gasteiger partial charge in [-0.25, -0.2) is 0 Å². The molecule has 1 saturated carbocycles. The van der Waals surface area contributed by atoms with Crippen LogP contribution in [0.15, 0.2) is 35.0 Å². The summed E-state index contributed by atoms with van der Waals surface area (Å²) in [7, 11) is 1.74. The number of nitrogens with zero attached hydrogens (tertiary/aromatic N) is 4. The van der Waals surface area contributed by atoms with Crippen LogP contribution < -0.4 is 10.1 Å². The number of nitrogens with one attached hydrogen (secondary N) is 1. The Kier molecular flexibility index (Phi) is 3.31. The lowest BCUT2D eigenvalue weighted by Gasteiger charge is -2.11. The van der Waals surface area contributed by atoms with Crippen LogP contribution >= 0.6 is 0 Å². The van der Waals surface area contributed by atoms with Gasteiger partial charge in [0.25, 0.3) is 5.91 Å². The van der Waals surface area contributed by atoms with E-state index in [1.54, 1.807) is 24.0 Å². The second kappa shape index (κ2) is 5.69. The average molecular weight is 351 g/mol. The highest BCUT2D eigenvalue weighted by Gasteiger charge is 2.31. The normalized spacial score (nSPS) is 18.4. The summed E-state index contributed by atoms with van der Waals surface area (Å²) >= 11 is 0. The Morgan fingerprint density at radius 1 is 1.31 bits per heavy atom. The van der Waals surface area contributed by atoms with Crippen LogP contribution in [0, 0.1) is 0 Å². The zero-order valence-electron chi connectivity index (χ0n) is 14.2. The Balaban J connectivity index is 1.36. The molecule has 1 aliphatic heterocycles. The molecule has 1 fully saturated rings. The molecule has 2 aliphatic rings. The molecule has 5 rings (SSSR count). The number of ether oxygens (including phenoxy) is 1. The second-order valence-corrected chi connectivity index (χ2v) is 6.66. The number of hydrogen-bond donors (Lipinski definition) is 1. The summed E-state index contributed by atoms with van der Waals surface area (Å²) in [6, 6.07) is 7.25. The lowest BCUT2D eigenvalue weighted by Crippen LogP contribution is -2.30. The molecule has 3 aromatic rings. The highest BCUT2D eigenvalue weighted by Crippen LogP contribution is 2.40. The predicted molar refractivity (Wildman–Crippen MR) is 90.6 cm³/mol. The summed E-state index contributed by atoms with van der Waals surface area (Å²) in [5.41, 5.74) is 2.29. The van der Waals surface area contributed by atoms with Crippen LogP contribution in [0.1, 0.15) is 46.7 Å². The van der Waals surface area contributed by atoms with Gasteiger partial charge in [-0.2, -0.15) is 10.1 Å². The number of benzene rings is 1. The zero-order valence-corrected chi connectivity index (χ0v) is 14.2. The molecule has 0 saturated heterocycles. The summed E-state index contributed by atoms with van der Waals surface area (Å²) in [5, 5.41) is 11.1. The lowest BCUT2D eigenvalue weighted by atomic mass is 10.1. The third-order valence-corrected chi connectivity index (χ3v) is 4.78. The van der Waals surface area contributed by atoms with Crippen molar-refractivity contribution in [1.82, 2.24) is 25.2 Å². The van der Waals surface area contributed by atoms with Gasteiger partial charge < -0.3 is 14.6 Å². The van der Waals surface area contributed by atoms with Gasteiger partial charge >= 0.3 is 0 Å². The molecule has 1 amide bonds. The van der Waals surface area contributed by atoms with Crippen LogP contribution in [-0.4, -0.2) is 32.4 Å². The first kappa shape index (κ1) is 15.1. The highest BCUT2D eigenvalue weighted by atomic mass is 16.5. The Morgan fingerprint density at radius 3 is 2.96 bits per heavy atom. The summed E-state index contributed by atoms with van der Waals surface area (Å²) in [6.07, 6.45) is 3.83. The van der Waals surface area contributed by atoms with E-state index in [-0.39, 0.29) is 11.9 Å². The largest absolute Gasteiger partial charge is 0.491 e. The fourth-order valence-corrected chi connectivity index (χ4v) is 3.15. The van der Waals surface area contributed by atoms with Crippen LogP contribution in [0.5, 0.6) is 5.75 Å². The third-order valence-electron chi connectivity index (χ3n) is 4.78. The van der Waals surface area contributed by atoms with Crippen molar-refractivity contribution in [1.29, 1.82) is 0 Å². The topological polar surface area (TPSA) is 95.1 Å². The van der Waals surface area contributed by atoms with Gasteiger partial charge in [0, 0.05) is 30.3 Å². The van der Waals surface area contributed by atoms with E-state index in [0.29, 0.717) is 29.9 Å². The molecule has 0 spiro atoms. The molecule has 132 valence electrons. The highest BCUT2D eigenvalue weighted by molar-refractivity contribution is 5.92. The first-order valence-corrected chi connectivity index (χ1v) is 8.58. The van der Waals surface area contributed by atoms with Crippen LogP contribution in [0.25, 0.3) is 11.4 Å². The van der Waals surface area contributed by atoms with Gasteiger partial charge in [-0.05, 0) is 25.0 Å². The van der Waals surface area contributed by atoms with Gasteiger partial charge in [0.15, 0.2) is 0 Å². The molecular weight excluding hydrogens is 334 g/mol. The van der Waals surface area contributed by atoms with Gasteiger partial charge in [0.1, 0.15) is 18.1 Å². The van der Waals surface area contributed by atoms with E-state index in [9.17, 15) is 4.79 Å². The van der Waals surface area contributed by atoms with Crippen LogP contribution in [0.2, 0.25) is 0 Å². The molecular formula is C18H17N5O3. The maximum atomic E-state index is 12.4. The van der Waals surface area contributed by atoms with Crippen molar-refractivity contribution >= 4 is 5.91 Å². The van der Waals surface area contributed by atoms with Crippen molar-refractivity contribution in [3.63, 3.8) is 0 Å². The quantitative estimate of drug-likeness (QED) is 0.774. The maximum Gasteiger partial charge on any atom is 0.270 e. The minimum atomic E-state index is -0.200. The second-order valence-electron chi connectivity index (χ2n) is 6.66. The van der Waals surface area contributed by atoms with Gasteiger partial charge in [-0.1, -0.05) is 17.3 Å². The minimum Gasteiger partial charge on any atom is -0.491 e. The van der Waals surface area contributed by atoms with E-state index in [1.807, 2.05) is 18.2 Å².